The Labute approximate surface area is 76.3 Å². The van der Waals surface area contributed by atoms with Crippen molar-refractivity contribution in [1.82, 2.24) is 15.3 Å². The average molecular weight is 177 g/mol. The summed E-state index contributed by atoms with van der Waals surface area (Å²) in [4.78, 5) is 8.46. The van der Waals surface area contributed by atoms with E-state index in [4.69, 9.17) is 4.74 Å². The lowest BCUT2D eigenvalue weighted by atomic mass is 10.1. The minimum atomic E-state index is 0.312. The molecule has 1 N–H and O–H groups in total. The van der Waals surface area contributed by atoms with Crippen LogP contribution in [0, 0.1) is 6.92 Å². The highest BCUT2D eigenvalue weighted by atomic mass is 16.5. The van der Waals surface area contributed by atoms with Crippen LogP contribution < -0.4 is 10.1 Å². The Morgan fingerprint density at radius 1 is 1.62 bits per heavy atom. The van der Waals surface area contributed by atoms with E-state index in [9.17, 15) is 0 Å². The van der Waals surface area contributed by atoms with Crippen LogP contribution in [0.5, 0.6) is 5.88 Å². The van der Waals surface area contributed by atoms with Crippen molar-refractivity contribution in [1.29, 1.82) is 0 Å². The highest BCUT2D eigenvalue weighted by molar-refractivity contribution is 5.31. The molecule has 0 radical (unpaired) electrons. The molecule has 13 heavy (non-hydrogen) atoms. The zero-order chi connectivity index (χ0) is 8.84. The van der Waals surface area contributed by atoms with E-state index in [0.717, 1.165) is 30.2 Å². The van der Waals surface area contributed by atoms with Crippen molar-refractivity contribution in [3.05, 3.63) is 17.6 Å². The van der Waals surface area contributed by atoms with Gasteiger partial charge in [-0.3, -0.25) is 0 Å². The molecule has 2 bridgehead atoms. The lowest BCUT2D eigenvalue weighted by Crippen LogP contribution is -2.21. The average Bonchev–Trinajstić information content (AvgIpc) is 2.48. The van der Waals surface area contributed by atoms with Crippen LogP contribution in [0.15, 0.2) is 6.20 Å². The molecule has 3 rings (SSSR count). The van der Waals surface area contributed by atoms with Crippen LogP contribution in [0.2, 0.25) is 0 Å². The van der Waals surface area contributed by atoms with Crippen molar-refractivity contribution < 1.29 is 4.74 Å². The summed E-state index contributed by atoms with van der Waals surface area (Å²) < 4.78 is 5.69. The summed E-state index contributed by atoms with van der Waals surface area (Å²) in [5, 5.41) is 3.39. The highest BCUT2D eigenvalue weighted by Gasteiger charge is 2.34. The molecule has 0 spiro atoms. The van der Waals surface area contributed by atoms with Crippen LogP contribution in [0.4, 0.5) is 0 Å². The normalized spacial score (nSPS) is 29.6. The first-order valence-corrected chi connectivity index (χ1v) is 4.56. The van der Waals surface area contributed by atoms with E-state index in [1.54, 1.807) is 0 Å². The van der Waals surface area contributed by atoms with E-state index in [1.807, 2.05) is 13.1 Å². The van der Waals surface area contributed by atoms with E-state index >= 15 is 0 Å². The molecule has 2 aliphatic rings. The number of aryl methyl sites for hydroxylation is 1. The number of hydrogen-bond donors (Lipinski definition) is 1. The molecule has 1 fully saturated rings. The van der Waals surface area contributed by atoms with Crippen molar-refractivity contribution in [2.45, 2.75) is 25.5 Å². The molecule has 68 valence electrons. The Bertz CT molecular complexity index is 353. The maximum absolute atomic E-state index is 5.69. The zero-order valence-corrected chi connectivity index (χ0v) is 7.45. The minimum Gasteiger partial charge on any atom is -0.473 e. The monoisotopic (exact) mass is 177 g/mol. The Morgan fingerprint density at radius 2 is 2.54 bits per heavy atom. The first-order valence-electron chi connectivity index (χ1n) is 4.56. The Balaban J connectivity index is 2.12. The number of ether oxygens (including phenoxy) is 1. The summed E-state index contributed by atoms with van der Waals surface area (Å²) >= 11 is 0. The number of rotatable bonds is 0. The molecule has 0 saturated carbocycles. The Kier molecular flexibility index (Phi) is 1.35. The third-order valence-corrected chi connectivity index (χ3v) is 2.64. The summed E-state index contributed by atoms with van der Waals surface area (Å²) in [6.45, 7) is 2.81. The van der Waals surface area contributed by atoms with E-state index in [-0.39, 0.29) is 0 Å². The fourth-order valence-corrected chi connectivity index (χ4v) is 1.98. The van der Waals surface area contributed by atoms with Gasteiger partial charge in [-0.1, -0.05) is 0 Å². The lowest BCUT2D eigenvalue weighted by Gasteiger charge is -2.21. The van der Waals surface area contributed by atoms with Crippen LogP contribution in [0.25, 0.3) is 0 Å². The molecular formula is C9H11N3O. The first-order chi connectivity index (χ1) is 6.33. The molecule has 0 unspecified atom stereocenters. The maximum atomic E-state index is 5.69. The van der Waals surface area contributed by atoms with Crippen molar-refractivity contribution in [3.63, 3.8) is 0 Å². The van der Waals surface area contributed by atoms with Gasteiger partial charge in [-0.05, 0) is 6.92 Å². The van der Waals surface area contributed by atoms with Crippen LogP contribution >= 0.6 is 0 Å². The van der Waals surface area contributed by atoms with Crippen LogP contribution in [0.1, 0.15) is 23.9 Å². The van der Waals surface area contributed by atoms with Gasteiger partial charge in [0, 0.05) is 30.8 Å². The van der Waals surface area contributed by atoms with E-state index in [0.29, 0.717) is 12.1 Å². The molecule has 0 aliphatic carbocycles. The van der Waals surface area contributed by atoms with Gasteiger partial charge in [0.2, 0.25) is 5.88 Å². The molecule has 1 aromatic rings. The van der Waals surface area contributed by atoms with Gasteiger partial charge in [-0.15, -0.1) is 0 Å². The van der Waals surface area contributed by atoms with Crippen LogP contribution in [-0.4, -0.2) is 22.6 Å². The Morgan fingerprint density at radius 3 is 3.46 bits per heavy atom. The number of nitrogens with zero attached hydrogens (tertiary/aromatic N) is 2. The Hall–Kier alpha value is -1.16. The van der Waals surface area contributed by atoms with Crippen molar-refractivity contribution in [3.8, 4) is 5.88 Å². The van der Waals surface area contributed by atoms with E-state index in [2.05, 4.69) is 15.3 Å². The molecule has 0 aromatic carbocycles. The molecule has 0 amide bonds. The number of nitrogens with one attached hydrogen (secondary N) is 1. The lowest BCUT2D eigenvalue weighted by molar-refractivity contribution is 0.194. The number of aromatic nitrogens is 2. The van der Waals surface area contributed by atoms with Gasteiger partial charge < -0.3 is 10.1 Å². The highest BCUT2D eigenvalue weighted by Crippen LogP contribution is 2.35. The number of hydrogen-bond acceptors (Lipinski definition) is 4. The van der Waals surface area contributed by atoms with Gasteiger partial charge in [-0.25, -0.2) is 4.98 Å². The molecule has 4 nitrogen and oxygen atoms in total. The standard InChI is InChI=1S/C9H11N3O/c1-5-10-4-7-8-2-6(3-11-8)13-9(7)12-5/h4,6,8,11H,2-3H2,1H3/t6-,8-/m0/s1. The topological polar surface area (TPSA) is 47.0 Å². The summed E-state index contributed by atoms with van der Waals surface area (Å²) in [5.41, 5.74) is 1.11. The largest absolute Gasteiger partial charge is 0.473 e. The third-order valence-electron chi connectivity index (χ3n) is 2.64. The van der Waals surface area contributed by atoms with Crippen molar-refractivity contribution >= 4 is 0 Å². The van der Waals surface area contributed by atoms with Gasteiger partial charge in [0.25, 0.3) is 0 Å². The second-order valence-electron chi connectivity index (χ2n) is 3.61. The van der Waals surface area contributed by atoms with Gasteiger partial charge in [0.1, 0.15) is 11.9 Å². The predicted molar refractivity (Wildman–Crippen MR) is 46.5 cm³/mol. The van der Waals surface area contributed by atoms with Gasteiger partial charge >= 0.3 is 0 Å². The molecule has 2 aliphatic heterocycles. The van der Waals surface area contributed by atoms with E-state index in [1.165, 1.54) is 0 Å². The fourth-order valence-electron chi connectivity index (χ4n) is 1.98. The fraction of sp³-hybridized carbons (Fsp3) is 0.556. The molecule has 2 atom stereocenters. The summed E-state index contributed by atoms with van der Waals surface area (Å²) in [6.07, 6.45) is 3.24. The quantitative estimate of drug-likeness (QED) is 0.629. The molecule has 4 heteroatoms. The predicted octanol–water partition coefficient (Wildman–Crippen LogP) is 0.580. The smallest absolute Gasteiger partial charge is 0.221 e. The maximum Gasteiger partial charge on any atom is 0.221 e. The number of fused-ring (bicyclic) bond motifs is 4. The van der Waals surface area contributed by atoms with Gasteiger partial charge in [0.05, 0.1) is 0 Å². The summed E-state index contributed by atoms with van der Waals surface area (Å²) in [6, 6.07) is 0.411. The third kappa shape index (κ3) is 1.02. The molecule has 3 heterocycles. The summed E-state index contributed by atoms with van der Waals surface area (Å²) in [7, 11) is 0. The second kappa shape index (κ2) is 2.42. The van der Waals surface area contributed by atoms with Crippen LogP contribution in [0.3, 0.4) is 0 Å². The first kappa shape index (κ1) is 7.26. The second-order valence-corrected chi connectivity index (χ2v) is 3.61. The van der Waals surface area contributed by atoms with Gasteiger partial charge in [0.15, 0.2) is 0 Å². The van der Waals surface area contributed by atoms with E-state index < -0.39 is 0 Å². The zero-order valence-electron chi connectivity index (χ0n) is 7.45. The SMILES string of the molecule is Cc1ncc2c(n1)O[C@@H]1CN[C@H]2C1. The molecular weight excluding hydrogens is 166 g/mol. The molecule has 1 aromatic heterocycles. The summed E-state index contributed by atoms with van der Waals surface area (Å²) in [5.74, 6) is 1.55. The molecule has 1 saturated heterocycles. The van der Waals surface area contributed by atoms with Crippen LogP contribution in [-0.2, 0) is 0 Å². The minimum absolute atomic E-state index is 0.312. The van der Waals surface area contributed by atoms with Gasteiger partial charge in [-0.2, -0.15) is 4.98 Å². The van der Waals surface area contributed by atoms with Crippen molar-refractivity contribution in [2.75, 3.05) is 6.54 Å². The van der Waals surface area contributed by atoms with Crippen molar-refractivity contribution in [2.24, 2.45) is 0 Å².